The summed E-state index contributed by atoms with van der Waals surface area (Å²) in [5.74, 6) is 1.66. The Kier molecular flexibility index (Phi) is 7.27. The van der Waals surface area contributed by atoms with Gasteiger partial charge < -0.3 is 4.57 Å². The number of aromatic nitrogens is 4. The van der Waals surface area contributed by atoms with Crippen molar-refractivity contribution in [3.8, 4) is 68.2 Å². The lowest BCUT2D eigenvalue weighted by Gasteiger charge is -2.30. The highest BCUT2D eigenvalue weighted by Crippen LogP contribution is 2.63. The van der Waals surface area contributed by atoms with Crippen LogP contribution in [0.3, 0.4) is 0 Å². The lowest BCUT2D eigenvalue weighted by Crippen LogP contribution is -2.26. The van der Waals surface area contributed by atoms with E-state index in [1.165, 1.54) is 55.6 Å². The van der Waals surface area contributed by atoms with Gasteiger partial charge in [0, 0.05) is 27.5 Å². The molecule has 8 aromatic carbocycles. The van der Waals surface area contributed by atoms with Gasteiger partial charge in [0.05, 0.1) is 27.7 Å². The Morgan fingerprint density at radius 3 is 1.65 bits per heavy atom. The maximum atomic E-state index is 11.0. The molecule has 1 unspecified atom stereocenters. The van der Waals surface area contributed by atoms with Crippen LogP contribution in [0.25, 0.3) is 83.9 Å². The summed E-state index contributed by atoms with van der Waals surface area (Å²) in [5.41, 5.74) is 18.2. The van der Waals surface area contributed by atoms with E-state index in [1.54, 1.807) is 0 Å². The van der Waals surface area contributed by atoms with Crippen LogP contribution in [0, 0.1) is 25.2 Å². The second kappa shape index (κ2) is 12.8. The number of nitriles is 1. The minimum Gasteiger partial charge on any atom is -0.308 e. The first-order valence-electron chi connectivity index (χ1n) is 20.3. The van der Waals surface area contributed by atoms with Crippen LogP contribution in [0.4, 0.5) is 0 Å². The molecule has 2 aromatic heterocycles. The zero-order valence-electron chi connectivity index (χ0n) is 33.0. The van der Waals surface area contributed by atoms with E-state index >= 15 is 0 Å². The zero-order valence-corrected chi connectivity index (χ0v) is 33.0. The van der Waals surface area contributed by atoms with E-state index in [-0.39, 0.29) is 0 Å². The van der Waals surface area contributed by atoms with Crippen molar-refractivity contribution in [3.05, 3.63) is 215 Å². The van der Waals surface area contributed by atoms with Gasteiger partial charge in [0.2, 0.25) is 0 Å². The summed E-state index contributed by atoms with van der Waals surface area (Å²) in [7, 11) is 0. The average molecular weight is 766 g/mol. The van der Waals surface area contributed by atoms with Gasteiger partial charge in [-0.05, 0) is 94.8 Å². The monoisotopic (exact) mass is 765 g/mol. The summed E-state index contributed by atoms with van der Waals surface area (Å²) in [6.45, 7) is 4.36. The fraction of sp³-hybridized carbons (Fsp3) is 0.0545. The van der Waals surface area contributed by atoms with Crippen LogP contribution in [0.2, 0.25) is 0 Å². The van der Waals surface area contributed by atoms with E-state index < -0.39 is 5.41 Å². The van der Waals surface area contributed by atoms with Crippen molar-refractivity contribution in [1.29, 1.82) is 5.26 Å². The van der Waals surface area contributed by atoms with Crippen LogP contribution in [-0.2, 0) is 5.41 Å². The van der Waals surface area contributed by atoms with Crippen LogP contribution in [0.1, 0.15) is 38.9 Å². The number of para-hydroxylation sites is 1. The Balaban J connectivity index is 1.11. The zero-order chi connectivity index (χ0) is 40.1. The number of benzene rings is 8. The molecule has 5 nitrogen and oxygen atoms in total. The van der Waals surface area contributed by atoms with Gasteiger partial charge in [0.1, 0.15) is 6.07 Å². The molecule has 5 heteroatoms. The normalized spacial score (nSPS) is 14.6. The summed E-state index contributed by atoms with van der Waals surface area (Å²) in [6, 6.07) is 64.8. The molecule has 10 aromatic rings. The van der Waals surface area contributed by atoms with Gasteiger partial charge in [-0.1, -0.05) is 151 Å². The van der Waals surface area contributed by atoms with Crippen molar-refractivity contribution in [2.75, 3.05) is 0 Å². The van der Waals surface area contributed by atoms with Crippen LogP contribution in [0.15, 0.2) is 176 Å². The molecule has 0 radical (unpaired) electrons. The van der Waals surface area contributed by atoms with Gasteiger partial charge in [0.15, 0.2) is 17.5 Å². The Bertz CT molecular complexity index is 3410. The number of nitrogens with zero attached hydrogens (tertiary/aromatic N) is 5. The van der Waals surface area contributed by atoms with Crippen molar-refractivity contribution in [2.24, 2.45) is 0 Å². The molecule has 2 heterocycles. The minimum atomic E-state index is -0.499. The average Bonchev–Trinajstić information content (AvgIpc) is 3.88. The van der Waals surface area contributed by atoms with Gasteiger partial charge in [-0.25, -0.2) is 15.0 Å². The van der Waals surface area contributed by atoms with Crippen LogP contribution >= 0.6 is 0 Å². The predicted molar refractivity (Wildman–Crippen MR) is 241 cm³/mol. The molecule has 12 rings (SSSR count). The highest BCUT2D eigenvalue weighted by atomic mass is 15.0. The SMILES string of the molecule is Cc1ccc2c(c1)-c1ccccc1C21c2ccc(C)cc2-c2cc3c4ccccc4n(-c4ccc(-c5nc(-c6ccccc6)nc(-c6ccccc6)n5)cc4C#N)c3cc21. The van der Waals surface area contributed by atoms with Crippen molar-refractivity contribution in [3.63, 3.8) is 0 Å². The van der Waals surface area contributed by atoms with Gasteiger partial charge >= 0.3 is 0 Å². The first-order chi connectivity index (χ1) is 29.5. The third-order valence-corrected chi connectivity index (χ3v) is 12.6. The maximum Gasteiger partial charge on any atom is 0.164 e. The maximum absolute atomic E-state index is 11.0. The predicted octanol–water partition coefficient (Wildman–Crippen LogP) is 12.8. The minimum absolute atomic E-state index is 0.499. The molecule has 0 bridgehead atoms. The van der Waals surface area contributed by atoms with Crippen molar-refractivity contribution in [1.82, 2.24) is 19.5 Å². The first kappa shape index (κ1) is 34.1. The number of hydrogen-bond acceptors (Lipinski definition) is 4. The number of aryl methyl sites for hydroxylation is 2. The van der Waals surface area contributed by atoms with Crippen LogP contribution in [-0.4, -0.2) is 19.5 Å². The molecule has 280 valence electrons. The third-order valence-electron chi connectivity index (χ3n) is 12.6. The van der Waals surface area contributed by atoms with E-state index in [1.807, 2.05) is 72.8 Å². The van der Waals surface area contributed by atoms with E-state index in [0.29, 0.717) is 23.0 Å². The molecule has 1 spiro atoms. The lowest BCUT2D eigenvalue weighted by atomic mass is 9.70. The second-order valence-corrected chi connectivity index (χ2v) is 16.0. The van der Waals surface area contributed by atoms with Gasteiger partial charge in [-0.15, -0.1) is 0 Å². The number of rotatable bonds is 4. The third kappa shape index (κ3) is 4.76. The Morgan fingerprint density at radius 1 is 0.433 bits per heavy atom. The molecule has 2 aliphatic carbocycles. The van der Waals surface area contributed by atoms with Gasteiger partial charge in [0.25, 0.3) is 0 Å². The quantitative estimate of drug-likeness (QED) is 0.179. The molecule has 0 saturated heterocycles. The van der Waals surface area contributed by atoms with Crippen molar-refractivity contribution in [2.45, 2.75) is 19.3 Å². The molecule has 2 aliphatic rings. The van der Waals surface area contributed by atoms with Crippen LogP contribution in [0.5, 0.6) is 0 Å². The summed E-state index contributed by atoms with van der Waals surface area (Å²) < 4.78 is 2.28. The number of fused-ring (bicyclic) bond motifs is 13. The summed E-state index contributed by atoms with van der Waals surface area (Å²) in [4.78, 5) is 14.8. The standard InChI is InChI=1S/C55H35N5/c1-33-21-24-46-41(27-33)39-17-9-11-19-45(39)55(46)47-25-22-34(2)28-42(47)43-30-44-40-18-10-12-20-50(40)60(51(44)31-48(43)55)49-26-23-37(29-38(49)32-56)54-58-52(35-13-5-3-6-14-35)57-53(59-54)36-15-7-4-8-16-36/h3-31H,1-2H3. The van der Waals surface area contributed by atoms with E-state index in [0.717, 1.165) is 44.2 Å². The van der Waals surface area contributed by atoms with E-state index in [4.69, 9.17) is 15.0 Å². The topological polar surface area (TPSA) is 67.4 Å². The second-order valence-electron chi connectivity index (χ2n) is 16.0. The van der Waals surface area contributed by atoms with Gasteiger partial charge in [-0.2, -0.15) is 5.26 Å². The summed E-state index contributed by atoms with van der Waals surface area (Å²) >= 11 is 0. The van der Waals surface area contributed by atoms with Crippen molar-refractivity contribution < 1.29 is 0 Å². The fourth-order valence-corrected chi connectivity index (χ4v) is 10.0. The molecule has 0 N–H and O–H groups in total. The highest BCUT2D eigenvalue weighted by Gasteiger charge is 2.52. The number of hydrogen-bond donors (Lipinski definition) is 0. The van der Waals surface area contributed by atoms with E-state index in [2.05, 4.69) is 128 Å². The first-order valence-corrected chi connectivity index (χ1v) is 20.3. The fourth-order valence-electron chi connectivity index (χ4n) is 10.0. The largest absolute Gasteiger partial charge is 0.308 e. The van der Waals surface area contributed by atoms with Crippen LogP contribution < -0.4 is 0 Å². The molecular formula is C55H35N5. The molecule has 1 atom stereocenters. The lowest BCUT2D eigenvalue weighted by molar-refractivity contribution is 0.794. The summed E-state index contributed by atoms with van der Waals surface area (Å²) in [5, 5.41) is 13.3. The Morgan fingerprint density at radius 2 is 0.983 bits per heavy atom. The molecule has 0 saturated carbocycles. The molecule has 0 aliphatic heterocycles. The smallest absolute Gasteiger partial charge is 0.164 e. The highest BCUT2D eigenvalue weighted by molar-refractivity contribution is 6.12. The van der Waals surface area contributed by atoms with Gasteiger partial charge in [-0.3, -0.25) is 0 Å². The molecule has 60 heavy (non-hydrogen) atoms. The van der Waals surface area contributed by atoms with Crippen molar-refractivity contribution >= 4 is 21.8 Å². The Labute approximate surface area is 347 Å². The summed E-state index contributed by atoms with van der Waals surface area (Å²) in [6.07, 6.45) is 0. The molecule has 0 amide bonds. The molecule has 0 fully saturated rings. The Hall–Kier alpha value is -7.94. The van der Waals surface area contributed by atoms with E-state index in [9.17, 15) is 5.26 Å². The molecular weight excluding hydrogens is 731 g/mol.